The molecule has 0 fully saturated rings. The molecule has 0 saturated heterocycles. The largest absolute Gasteiger partial charge is 0.496 e. The van der Waals surface area contributed by atoms with E-state index >= 15 is 0 Å². The van der Waals surface area contributed by atoms with Crippen molar-refractivity contribution in [3.63, 3.8) is 0 Å². The summed E-state index contributed by atoms with van der Waals surface area (Å²) in [7, 11) is 3.09. The van der Waals surface area contributed by atoms with Crippen LogP contribution in [0.2, 0.25) is 0 Å². The van der Waals surface area contributed by atoms with E-state index in [9.17, 15) is 9.59 Å². The minimum Gasteiger partial charge on any atom is -0.496 e. The Kier molecular flexibility index (Phi) is 8.73. The number of amides is 2. The number of carbonyl (C=O) groups excluding carboxylic acids is 2. The molecule has 7 heteroatoms. The molecule has 0 saturated carbocycles. The number of benzene rings is 2. The Morgan fingerprint density at radius 1 is 1.03 bits per heavy atom. The van der Waals surface area contributed by atoms with Crippen LogP contribution in [0.5, 0.6) is 11.5 Å². The fraction of sp³-hybridized carbons (Fsp3) is 0.273. The van der Waals surface area contributed by atoms with Gasteiger partial charge in [0.1, 0.15) is 11.5 Å². The molecule has 0 unspecified atom stereocenters. The average Bonchev–Trinajstić information content (AvgIpc) is 2.71. The second kappa shape index (κ2) is 11.3. The molecule has 0 aliphatic heterocycles. The maximum Gasteiger partial charge on any atom is 0.248 e. The second-order valence-corrected chi connectivity index (χ2v) is 7.19. The summed E-state index contributed by atoms with van der Waals surface area (Å²) in [5, 5.41) is 5.62. The van der Waals surface area contributed by atoms with Gasteiger partial charge in [-0.15, -0.1) is 0 Å². The van der Waals surface area contributed by atoms with Crippen molar-refractivity contribution in [1.82, 2.24) is 0 Å². The highest BCUT2D eigenvalue weighted by atomic mass is 79.9. The summed E-state index contributed by atoms with van der Waals surface area (Å²) in [5.74, 6) is 0.786. The van der Waals surface area contributed by atoms with Crippen molar-refractivity contribution < 1.29 is 19.1 Å². The summed E-state index contributed by atoms with van der Waals surface area (Å²) < 4.78 is 11.5. The Balaban J connectivity index is 2.07. The summed E-state index contributed by atoms with van der Waals surface area (Å²) in [6, 6.07) is 10.6. The summed E-state index contributed by atoms with van der Waals surface area (Å²) in [5.41, 5.74) is 1.91. The van der Waals surface area contributed by atoms with Crippen molar-refractivity contribution in [3.8, 4) is 11.5 Å². The highest BCUT2D eigenvalue weighted by Crippen LogP contribution is 2.28. The molecule has 6 nitrogen and oxygen atoms in total. The van der Waals surface area contributed by atoms with Crippen LogP contribution in [0.15, 0.2) is 46.9 Å². The summed E-state index contributed by atoms with van der Waals surface area (Å²) in [6.45, 7) is 2.03. The molecule has 0 aromatic heterocycles. The van der Waals surface area contributed by atoms with Crippen LogP contribution in [0, 0.1) is 0 Å². The van der Waals surface area contributed by atoms with Gasteiger partial charge in [-0.05, 0) is 42.8 Å². The van der Waals surface area contributed by atoms with Crippen molar-refractivity contribution in [1.29, 1.82) is 0 Å². The van der Waals surface area contributed by atoms with Gasteiger partial charge in [0.25, 0.3) is 0 Å². The number of unbranched alkanes of at least 4 members (excludes halogenated alkanes) is 1. The van der Waals surface area contributed by atoms with Crippen LogP contribution in [0.4, 0.5) is 11.4 Å². The highest BCUT2D eigenvalue weighted by molar-refractivity contribution is 9.10. The highest BCUT2D eigenvalue weighted by Gasteiger charge is 2.09. The molecule has 0 spiro atoms. The SMILES string of the molecule is CCCCC(=O)Nc1ccc(NC(=O)/C=C/c2cc(Br)ccc2OC)cc1OC. The molecule has 2 aromatic rings. The van der Waals surface area contributed by atoms with E-state index in [1.54, 1.807) is 31.4 Å². The van der Waals surface area contributed by atoms with Crippen molar-refractivity contribution in [2.24, 2.45) is 0 Å². The van der Waals surface area contributed by atoms with Crippen LogP contribution in [0.25, 0.3) is 6.08 Å². The number of hydrogen-bond donors (Lipinski definition) is 2. The molecular weight excluding hydrogens is 436 g/mol. The first-order valence-corrected chi connectivity index (χ1v) is 10.1. The maximum atomic E-state index is 12.3. The summed E-state index contributed by atoms with van der Waals surface area (Å²) in [4.78, 5) is 24.2. The first-order chi connectivity index (χ1) is 14.0. The van der Waals surface area contributed by atoms with E-state index in [0.29, 0.717) is 29.3 Å². The number of ether oxygens (including phenoxy) is 2. The van der Waals surface area contributed by atoms with Gasteiger partial charge in [-0.2, -0.15) is 0 Å². The summed E-state index contributed by atoms with van der Waals surface area (Å²) >= 11 is 3.41. The average molecular weight is 461 g/mol. The Labute approximate surface area is 179 Å². The third-order valence-corrected chi connectivity index (χ3v) is 4.60. The van der Waals surface area contributed by atoms with Gasteiger partial charge in [-0.3, -0.25) is 9.59 Å². The molecule has 0 aliphatic rings. The smallest absolute Gasteiger partial charge is 0.248 e. The van der Waals surface area contributed by atoms with E-state index in [4.69, 9.17) is 9.47 Å². The first kappa shape index (κ1) is 22.5. The number of carbonyl (C=O) groups is 2. The van der Waals surface area contributed by atoms with Crippen LogP contribution in [0.3, 0.4) is 0 Å². The topological polar surface area (TPSA) is 76.7 Å². The number of nitrogens with one attached hydrogen (secondary N) is 2. The van der Waals surface area contributed by atoms with Gasteiger partial charge in [-0.25, -0.2) is 0 Å². The number of rotatable bonds is 9. The molecule has 2 rings (SSSR count). The van der Waals surface area contributed by atoms with E-state index in [-0.39, 0.29) is 11.8 Å². The first-order valence-electron chi connectivity index (χ1n) is 9.27. The quantitative estimate of drug-likeness (QED) is 0.501. The fourth-order valence-electron chi connectivity index (χ4n) is 2.61. The minimum absolute atomic E-state index is 0.0622. The van der Waals surface area contributed by atoms with Crippen molar-refractivity contribution >= 4 is 45.2 Å². The Morgan fingerprint density at radius 3 is 2.48 bits per heavy atom. The standard InChI is InChI=1S/C22H25BrN2O4/c1-4-5-6-21(26)25-18-10-9-17(14-20(18)29-3)24-22(27)12-7-15-13-16(23)8-11-19(15)28-2/h7-14H,4-6H2,1-3H3,(H,24,27)(H,25,26)/b12-7+. The van der Waals surface area contributed by atoms with Crippen LogP contribution in [0.1, 0.15) is 31.7 Å². The minimum atomic E-state index is -0.297. The normalized spacial score (nSPS) is 10.6. The number of halogens is 1. The van der Waals surface area contributed by atoms with Crippen LogP contribution in [-0.2, 0) is 9.59 Å². The van der Waals surface area contributed by atoms with Gasteiger partial charge in [0.05, 0.1) is 19.9 Å². The second-order valence-electron chi connectivity index (χ2n) is 6.28. The molecule has 0 bridgehead atoms. The lowest BCUT2D eigenvalue weighted by molar-refractivity contribution is -0.116. The van der Waals surface area contributed by atoms with Crippen LogP contribution >= 0.6 is 15.9 Å². The van der Waals surface area contributed by atoms with Gasteiger partial charge in [0.15, 0.2) is 0 Å². The third kappa shape index (κ3) is 6.94. The lowest BCUT2D eigenvalue weighted by atomic mass is 10.2. The molecule has 0 atom stereocenters. The Hall–Kier alpha value is -2.80. The van der Waals surface area contributed by atoms with E-state index in [1.807, 2.05) is 25.1 Å². The molecular formula is C22H25BrN2O4. The van der Waals surface area contributed by atoms with Crippen molar-refractivity contribution in [3.05, 3.63) is 52.5 Å². The number of methoxy groups -OCH3 is 2. The monoisotopic (exact) mass is 460 g/mol. The Morgan fingerprint density at radius 2 is 1.79 bits per heavy atom. The Bertz CT molecular complexity index is 896. The van der Waals surface area contributed by atoms with Crippen LogP contribution < -0.4 is 20.1 Å². The lowest BCUT2D eigenvalue weighted by Crippen LogP contribution is -2.12. The molecule has 0 heterocycles. The van der Waals surface area contributed by atoms with Gasteiger partial charge in [-0.1, -0.05) is 29.3 Å². The van der Waals surface area contributed by atoms with E-state index in [1.165, 1.54) is 13.2 Å². The lowest BCUT2D eigenvalue weighted by Gasteiger charge is -2.12. The van der Waals surface area contributed by atoms with E-state index in [2.05, 4.69) is 26.6 Å². The van der Waals surface area contributed by atoms with E-state index in [0.717, 1.165) is 22.9 Å². The number of anilines is 2. The van der Waals surface area contributed by atoms with Crippen molar-refractivity contribution in [2.75, 3.05) is 24.9 Å². The summed E-state index contributed by atoms with van der Waals surface area (Å²) in [6.07, 6.45) is 5.35. The van der Waals surface area contributed by atoms with Crippen molar-refractivity contribution in [2.45, 2.75) is 26.2 Å². The maximum absolute atomic E-state index is 12.3. The zero-order chi connectivity index (χ0) is 21.2. The third-order valence-electron chi connectivity index (χ3n) is 4.11. The zero-order valence-corrected chi connectivity index (χ0v) is 18.3. The molecule has 2 aromatic carbocycles. The van der Waals surface area contributed by atoms with Gasteiger partial charge in [0, 0.05) is 34.3 Å². The fourth-order valence-corrected chi connectivity index (χ4v) is 2.99. The zero-order valence-electron chi connectivity index (χ0n) is 16.8. The molecule has 2 N–H and O–H groups in total. The molecule has 2 amide bonds. The van der Waals surface area contributed by atoms with E-state index < -0.39 is 0 Å². The number of hydrogen-bond acceptors (Lipinski definition) is 4. The van der Waals surface area contributed by atoms with Crippen LogP contribution in [-0.4, -0.2) is 26.0 Å². The molecule has 29 heavy (non-hydrogen) atoms. The predicted octanol–water partition coefficient (Wildman–Crippen LogP) is 5.25. The molecule has 0 radical (unpaired) electrons. The predicted molar refractivity (Wildman–Crippen MR) is 120 cm³/mol. The van der Waals surface area contributed by atoms with Gasteiger partial charge >= 0.3 is 0 Å². The van der Waals surface area contributed by atoms with Gasteiger partial charge < -0.3 is 20.1 Å². The molecule has 0 aliphatic carbocycles. The van der Waals surface area contributed by atoms with Gasteiger partial charge in [0.2, 0.25) is 11.8 Å². The molecule has 154 valence electrons.